The Balaban J connectivity index is 1.60. The molecule has 2 heterocycles. The molecule has 1 aliphatic rings. The van der Waals surface area contributed by atoms with Gasteiger partial charge in [-0.1, -0.05) is 0 Å². The van der Waals surface area contributed by atoms with Crippen LogP contribution in [0.1, 0.15) is 12.8 Å². The summed E-state index contributed by atoms with van der Waals surface area (Å²) in [6.45, 7) is 3.56. The van der Waals surface area contributed by atoms with Gasteiger partial charge in [0, 0.05) is 31.9 Å². The third kappa shape index (κ3) is 3.34. The van der Waals surface area contributed by atoms with Gasteiger partial charge < -0.3 is 10.6 Å². The Kier molecular flexibility index (Phi) is 3.93. The van der Waals surface area contributed by atoms with Crippen molar-refractivity contribution in [1.82, 2.24) is 20.4 Å². The van der Waals surface area contributed by atoms with Gasteiger partial charge in [-0.05, 0) is 31.5 Å². The van der Waals surface area contributed by atoms with Crippen LogP contribution in [0.25, 0.3) is 0 Å². The summed E-state index contributed by atoms with van der Waals surface area (Å²) in [6.07, 6.45) is 5.26. The van der Waals surface area contributed by atoms with E-state index in [2.05, 4.69) is 15.7 Å². The molecule has 16 heavy (non-hydrogen) atoms. The third-order valence-corrected chi connectivity index (χ3v) is 2.88. The van der Waals surface area contributed by atoms with Crippen LogP contribution in [0, 0.1) is 5.92 Å². The molecule has 0 saturated carbocycles. The summed E-state index contributed by atoms with van der Waals surface area (Å²) >= 11 is 0. The van der Waals surface area contributed by atoms with Gasteiger partial charge in [-0.15, -0.1) is 0 Å². The molecule has 88 valence electrons. The van der Waals surface area contributed by atoms with E-state index < -0.39 is 0 Å². The number of amides is 1. The fourth-order valence-electron chi connectivity index (χ4n) is 1.88. The number of nitrogens with zero attached hydrogens (tertiary/aromatic N) is 2. The van der Waals surface area contributed by atoms with E-state index in [0.717, 1.165) is 19.6 Å². The highest BCUT2D eigenvalue weighted by molar-refractivity contribution is 5.75. The van der Waals surface area contributed by atoms with Gasteiger partial charge in [0.25, 0.3) is 0 Å². The molecule has 1 aromatic heterocycles. The Labute approximate surface area is 95.2 Å². The van der Waals surface area contributed by atoms with Crippen molar-refractivity contribution in [3.05, 3.63) is 18.5 Å². The monoisotopic (exact) mass is 222 g/mol. The minimum Gasteiger partial charge on any atom is -0.356 e. The zero-order chi connectivity index (χ0) is 11.2. The first kappa shape index (κ1) is 11.1. The Hall–Kier alpha value is -1.36. The summed E-state index contributed by atoms with van der Waals surface area (Å²) in [5, 5.41) is 10.3. The molecule has 5 heteroatoms. The number of aryl methyl sites for hydroxylation is 1. The van der Waals surface area contributed by atoms with Crippen LogP contribution in [0.3, 0.4) is 0 Å². The summed E-state index contributed by atoms with van der Waals surface area (Å²) in [6, 6.07) is 1.86. The maximum atomic E-state index is 11.5. The van der Waals surface area contributed by atoms with Gasteiger partial charge in [-0.3, -0.25) is 9.48 Å². The average Bonchev–Trinajstić information content (AvgIpc) is 2.96. The van der Waals surface area contributed by atoms with Crippen LogP contribution in [-0.2, 0) is 11.3 Å². The normalized spacial score (nSPS) is 19.9. The van der Waals surface area contributed by atoms with E-state index >= 15 is 0 Å². The second-order valence-corrected chi connectivity index (χ2v) is 4.18. The standard InChI is InChI=1S/C11H18N4O/c16-11(3-7-15-6-1-4-14-15)13-9-10-2-5-12-8-10/h1,4,6,10,12H,2-3,5,7-9H2,(H,13,16). The number of carbonyl (C=O) groups is 1. The molecule has 5 nitrogen and oxygen atoms in total. The largest absolute Gasteiger partial charge is 0.356 e. The number of carbonyl (C=O) groups excluding carboxylic acids is 1. The van der Waals surface area contributed by atoms with E-state index in [1.54, 1.807) is 10.9 Å². The van der Waals surface area contributed by atoms with Gasteiger partial charge in [0.15, 0.2) is 0 Å². The summed E-state index contributed by atoms with van der Waals surface area (Å²) < 4.78 is 1.77. The fraction of sp³-hybridized carbons (Fsp3) is 0.636. The zero-order valence-electron chi connectivity index (χ0n) is 9.35. The molecule has 0 aliphatic carbocycles. The Bertz CT molecular complexity index is 317. The number of hydrogen-bond donors (Lipinski definition) is 2. The van der Waals surface area contributed by atoms with Crippen LogP contribution in [-0.4, -0.2) is 35.3 Å². The molecule has 2 N–H and O–H groups in total. The second kappa shape index (κ2) is 5.65. The van der Waals surface area contributed by atoms with Crippen molar-refractivity contribution in [2.24, 2.45) is 5.92 Å². The first-order valence-corrected chi connectivity index (χ1v) is 5.79. The molecule has 0 spiro atoms. The Morgan fingerprint density at radius 3 is 3.25 bits per heavy atom. The van der Waals surface area contributed by atoms with Crippen molar-refractivity contribution in [3.8, 4) is 0 Å². The second-order valence-electron chi connectivity index (χ2n) is 4.18. The predicted molar refractivity (Wildman–Crippen MR) is 60.8 cm³/mol. The summed E-state index contributed by atoms with van der Waals surface area (Å²) in [5.74, 6) is 0.719. The van der Waals surface area contributed by atoms with Crippen molar-refractivity contribution in [1.29, 1.82) is 0 Å². The van der Waals surface area contributed by atoms with Gasteiger partial charge in [0.2, 0.25) is 5.91 Å². The molecule has 2 rings (SSSR count). The van der Waals surface area contributed by atoms with E-state index in [1.807, 2.05) is 12.3 Å². The molecule has 1 aliphatic heterocycles. The average molecular weight is 222 g/mol. The van der Waals surface area contributed by atoms with E-state index in [4.69, 9.17) is 0 Å². The first-order chi connectivity index (χ1) is 7.84. The lowest BCUT2D eigenvalue weighted by Crippen LogP contribution is -2.30. The minimum atomic E-state index is 0.113. The van der Waals surface area contributed by atoms with Gasteiger partial charge in [-0.2, -0.15) is 5.10 Å². The van der Waals surface area contributed by atoms with Crippen LogP contribution in [0.2, 0.25) is 0 Å². The zero-order valence-corrected chi connectivity index (χ0v) is 9.35. The van der Waals surface area contributed by atoms with Crippen LogP contribution in [0.15, 0.2) is 18.5 Å². The highest BCUT2D eigenvalue weighted by Crippen LogP contribution is 2.05. The van der Waals surface area contributed by atoms with Crippen molar-refractivity contribution < 1.29 is 4.79 Å². The topological polar surface area (TPSA) is 59.0 Å². The Morgan fingerprint density at radius 1 is 1.62 bits per heavy atom. The molecule has 0 bridgehead atoms. The Morgan fingerprint density at radius 2 is 2.56 bits per heavy atom. The lowest BCUT2D eigenvalue weighted by Gasteiger charge is -2.09. The van der Waals surface area contributed by atoms with Crippen molar-refractivity contribution in [2.75, 3.05) is 19.6 Å². The molecule has 1 aromatic rings. The third-order valence-electron chi connectivity index (χ3n) is 2.88. The maximum absolute atomic E-state index is 11.5. The molecule has 1 amide bonds. The van der Waals surface area contributed by atoms with E-state index in [9.17, 15) is 4.79 Å². The number of rotatable bonds is 5. The van der Waals surface area contributed by atoms with Gasteiger partial charge in [-0.25, -0.2) is 0 Å². The van der Waals surface area contributed by atoms with Crippen molar-refractivity contribution >= 4 is 5.91 Å². The maximum Gasteiger partial charge on any atom is 0.221 e. The molecule has 0 radical (unpaired) electrons. The highest BCUT2D eigenvalue weighted by atomic mass is 16.1. The fourth-order valence-corrected chi connectivity index (χ4v) is 1.88. The summed E-state index contributed by atoms with van der Waals surface area (Å²) in [4.78, 5) is 11.5. The molecule has 1 fully saturated rings. The first-order valence-electron chi connectivity index (χ1n) is 5.79. The van der Waals surface area contributed by atoms with E-state index in [-0.39, 0.29) is 5.91 Å². The minimum absolute atomic E-state index is 0.113. The predicted octanol–water partition coefficient (Wildman–Crippen LogP) is -0.00110. The lowest BCUT2D eigenvalue weighted by molar-refractivity contribution is -0.121. The molecule has 1 unspecified atom stereocenters. The highest BCUT2D eigenvalue weighted by Gasteiger charge is 2.14. The van der Waals surface area contributed by atoms with Crippen LogP contribution in [0.5, 0.6) is 0 Å². The van der Waals surface area contributed by atoms with E-state index in [0.29, 0.717) is 18.9 Å². The molecular formula is C11H18N4O. The van der Waals surface area contributed by atoms with E-state index in [1.165, 1.54) is 6.42 Å². The molecular weight excluding hydrogens is 204 g/mol. The van der Waals surface area contributed by atoms with Crippen molar-refractivity contribution in [3.63, 3.8) is 0 Å². The number of hydrogen-bond acceptors (Lipinski definition) is 3. The van der Waals surface area contributed by atoms with Gasteiger partial charge in [0.1, 0.15) is 0 Å². The van der Waals surface area contributed by atoms with Gasteiger partial charge >= 0.3 is 0 Å². The van der Waals surface area contributed by atoms with Crippen molar-refractivity contribution in [2.45, 2.75) is 19.4 Å². The van der Waals surface area contributed by atoms with Gasteiger partial charge in [0.05, 0.1) is 0 Å². The molecule has 0 aromatic carbocycles. The van der Waals surface area contributed by atoms with Crippen LogP contribution < -0.4 is 10.6 Å². The lowest BCUT2D eigenvalue weighted by atomic mass is 10.1. The molecule has 1 saturated heterocycles. The quantitative estimate of drug-likeness (QED) is 0.737. The van der Waals surface area contributed by atoms with Crippen LogP contribution >= 0.6 is 0 Å². The SMILES string of the molecule is O=C(CCn1cccn1)NCC1CCNC1. The number of aromatic nitrogens is 2. The molecule has 1 atom stereocenters. The number of nitrogens with one attached hydrogen (secondary N) is 2. The van der Waals surface area contributed by atoms with Crippen LogP contribution in [0.4, 0.5) is 0 Å². The smallest absolute Gasteiger partial charge is 0.221 e. The summed E-state index contributed by atoms with van der Waals surface area (Å²) in [7, 11) is 0. The summed E-state index contributed by atoms with van der Waals surface area (Å²) in [5.41, 5.74) is 0.